The number of nitrogens with zero attached hydrogens (tertiary/aromatic N) is 3. The van der Waals surface area contributed by atoms with Crippen LogP contribution in [0.2, 0.25) is 0 Å². The van der Waals surface area contributed by atoms with Crippen LogP contribution in [-0.2, 0) is 0 Å². The van der Waals surface area contributed by atoms with Gasteiger partial charge in [-0.05, 0) is 24.5 Å². The van der Waals surface area contributed by atoms with Crippen LogP contribution in [0.3, 0.4) is 0 Å². The molecule has 1 aromatic heterocycles. The van der Waals surface area contributed by atoms with Gasteiger partial charge in [-0.15, -0.1) is 0 Å². The topological polar surface area (TPSA) is 55.0 Å². The smallest absolute Gasteiger partial charge is 0.191 e. The number of hydrogen-bond donors (Lipinski definition) is 1. The van der Waals surface area contributed by atoms with Crippen LogP contribution in [0.15, 0.2) is 11.2 Å². The SMILES string of the molecule is CSc1nc(N)cc(N2CCC(C)C(C)C2)n1. The molecule has 2 rings (SSSR count). The molecule has 1 aliphatic rings. The summed E-state index contributed by atoms with van der Waals surface area (Å²) in [5.74, 6) is 3.04. The van der Waals surface area contributed by atoms with E-state index in [9.17, 15) is 0 Å². The molecular formula is C12H20N4S. The summed E-state index contributed by atoms with van der Waals surface area (Å²) in [6.45, 7) is 6.75. The highest BCUT2D eigenvalue weighted by Crippen LogP contribution is 2.27. The molecule has 17 heavy (non-hydrogen) atoms. The number of nitrogens with two attached hydrogens (primary N) is 1. The minimum atomic E-state index is 0.561. The largest absolute Gasteiger partial charge is 0.383 e. The van der Waals surface area contributed by atoms with Crippen molar-refractivity contribution >= 4 is 23.4 Å². The number of thioether (sulfide) groups is 1. The highest BCUT2D eigenvalue weighted by Gasteiger charge is 2.23. The van der Waals surface area contributed by atoms with Crippen molar-refractivity contribution in [3.8, 4) is 0 Å². The number of piperidine rings is 1. The van der Waals surface area contributed by atoms with Gasteiger partial charge in [0.1, 0.15) is 11.6 Å². The first-order valence-corrected chi connectivity index (χ1v) is 7.26. The van der Waals surface area contributed by atoms with Gasteiger partial charge in [0.25, 0.3) is 0 Å². The van der Waals surface area contributed by atoms with Crippen LogP contribution < -0.4 is 10.6 Å². The summed E-state index contributed by atoms with van der Waals surface area (Å²) in [5, 5.41) is 0.756. The van der Waals surface area contributed by atoms with E-state index in [1.165, 1.54) is 18.2 Å². The average molecular weight is 252 g/mol. The predicted molar refractivity (Wildman–Crippen MR) is 73.4 cm³/mol. The van der Waals surface area contributed by atoms with Gasteiger partial charge in [0.05, 0.1) is 0 Å². The Kier molecular flexibility index (Phi) is 3.76. The lowest BCUT2D eigenvalue weighted by Gasteiger charge is -2.36. The molecule has 0 spiro atoms. The number of rotatable bonds is 2. The molecule has 1 aliphatic heterocycles. The molecule has 2 unspecified atom stereocenters. The van der Waals surface area contributed by atoms with Crippen molar-refractivity contribution in [1.29, 1.82) is 0 Å². The van der Waals surface area contributed by atoms with Gasteiger partial charge >= 0.3 is 0 Å². The van der Waals surface area contributed by atoms with Crippen LogP contribution in [0.25, 0.3) is 0 Å². The Hall–Kier alpha value is -0.970. The molecule has 94 valence electrons. The number of hydrogen-bond acceptors (Lipinski definition) is 5. The first kappa shape index (κ1) is 12.5. The summed E-state index contributed by atoms with van der Waals surface area (Å²) in [6.07, 6.45) is 3.19. The van der Waals surface area contributed by atoms with Crippen molar-refractivity contribution in [2.24, 2.45) is 11.8 Å². The normalized spacial score (nSPS) is 25.0. The van der Waals surface area contributed by atoms with E-state index in [-0.39, 0.29) is 0 Å². The van der Waals surface area contributed by atoms with Crippen molar-refractivity contribution < 1.29 is 0 Å². The maximum atomic E-state index is 5.81. The molecule has 0 bridgehead atoms. The molecule has 4 nitrogen and oxygen atoms in total. The van der Waals surface area contributed by atoms with Gasteiger partial charge in [0.2, 0.25) is 0 Å². The van der Waals surface area contributed by atoms with E-state index in [2.05, 4.69) is 28.7 Å². The summed E-state index contributed by atoms with van der Waals surface area (Å²) >= 11 is 1.53. The Labute approximate surface area is 107 Å². The maximum absolute atomic E-state index is 5.81. The van der Waals surface area contributed by atoms with Gasteiger partial charge in [-0.2, -0.15) is 0 Å². The fourth-order valence-electron chi connectivity index (χ4n) is 2.15. The molecular weight excluding hydrogens is 232 g/mol. The molecule has 1 aromatic rings. The van der Waals surface area contributed by atoms with E-state index in [0.717, 1.165) is 30.0 Å². The van der Waals surface area contributed by atoms with E-state index in [4.69, 9.17) is 5.73 Å². The predicted octanol–water partition coefficient (Wildman–Crippen LogP) is 2.26. The van der Waals surface area contributed by atoms with Crippen LogP contribution in [0.4, 0.5) is 11.6 Å². The zero-order valence-corrected chi connectivity index (χ0v) is 11.5. The van der Waals surface area contributed by atoms with Crippen LogP contribution in [0.1, 0.15) is 20.3 Å². The maximum Gasteiger partial charge on any atom is 0.191 e. The van der Waals surface area contributed by atoms with Crippen molar-refractivity contribution in [3.63, 3.8) is 0 Å². The minimum Gasteiger partial charge on any atom is -0.383 e. The molecule has 2 atom stereocenters. The van der Waals surface area contributed by atoms with E-state index in [0.29, 0.717) is 11.7 Å². The Bertz CT molecular complexity index is 396. The zero-order valence-electron chi connectivity index (χ0n) is 10.7. The monoisotopic (exact) mass is 252 g/mol. The summed E-state index contributed by atoms with van der Waals surface area (Å²) in [6, 6.07) is 1.88. The van der Waals surface area contributed by atoms with Crippen LogP contribution in [0, 0.1) is 11.8 Å². The van der Waals surface area contributed by atoms with E-state index < -0.39 is 0 Å². The Morgan fingerprint density at radius 2 is 2.12 bits per heavy atom. The average Bonchev–Trinajstić information content (AvgIpc) is 2.32. The first-order valence-electron chi connectivity index (χ1n) is 6.03. The van der Waals surface area contributed by atoms with Crippen molar-refractivity contribution in [3.05, 3.63) is 6.07 Å². The fraction of sp³-hybridized carbons (Fsp3) is 0.667. The lowest BCUT2D eigenvalue weighted by atomic mass is 9.89. The summed E-state index contributed by atoms with van der Waals surface area (Å²) < 4.78 is 0. The molecule has 1 saturated heterocycles. The first-order chi connectivity index (χ1) is 8.10. The molecule has 0 radical (unpaired) electrons. The van der Waals surface area contributed by atoms with Crippen LogP contribution in [-0.4, -0.2) is 29.3 Å². The number of nitrogen functional groups attached to an aromatic ring is 1. The van der Waals surface area contributed by atoms with E-state index in [1.807, 2.05) is 12.3 Å². The second-order valence-electron chi connectivity index (χ2n) is 4.83. The van der Waals surface area contributed by atoms with Crippen molar-refractivity contribution in [2.75, 3.05) is 30.0 Å². The van der Waals surface area contributed by atoms with Gasteiger partial charge < -0.3 is 10.6 Å². The highest BCUT2D eigenvalue weighted by molar-refractivity contribution is 7.98. The Balaban J connectivity index is 2.19. The van der Waals surface area contributed by atoms with Crippen LogP contribution >= 0.6 is 11.8 Å². The molecule has 2 heterocycles. The Morgan fingerprint density at radius 3 is 2.76 bits per heavy atom. The van der Waals surface area contributed by atoms with E-state index >= 15 is 0 Å². The Morgan fingerprint density at radius 1 is 1.35 bits per heavy atom. The van der Waals surface area contributed by atoms with Gasteiger partial charge in [0.15, 0.2) is 5.16 Å². The molecule has 0 aliphatic carbocycles. The summed E-state index contributed by atoms with van der Waals surface area (Å²) in [7, 11) is 0. The standard InChI is InChI=1S/C12H20N4S/c1-8-4-5-16(7-9(8)2)11-6-10(13)14-12(15-11)17-3/h6,8-9H,4-5,7H2,1-3H3,(H2,13,14,15). The third-order valence-corrected chi connectivity index (χ3v) is 4.10. The van der Waals surface area contributed by atoms with Crippen molar-refractivity contribution in [2.45, 2.75) is 25.4 Å². The molecule has 5 heteroatoms. The molecule has 1 fully saturated rings. The second kappa shape index (κ2) is 5.12. The second-order valence-corrected chi connectivity index (χ2v) is 5.60. The number of aromatic nitrogens is 2. The van der Waals surface area contributed by atoms with Gasteiger partial charge in [-0.1, -0.05) is 25.6 Å². The lowest BCUT2D eigenvalue weighted by molar-refractivity contribution is 0.322. The molecule has 0 aromatic carbocycles. The molecule has 0 amide bonds. The quantitative estimate of drug-likeness (QED) is 0.646. The minimum absolute atomic E-state index is 0.561. The van der Waals surface area contributed by atoms with Gasteiger partial charge in [0, 0.05) is 19.2 Å². The molecule has 2 N–H and O–H groups in total. The zero-order chi connectivity index (χ0) is 12.4. The van der Waals surface area contributed by atoms with Crippen LogP contribution in [0.5, 0.6) is 0 Å². The lowest BCUT2D eigenvalue weighted by Crippen LogP contribution is -2.39. The van der Waals surface area contributed by atoms with Crippen molar-refractivity contribution in [1.82, 2.24) is 9.97 Å². The van der Waals surface area contributed by atoms with Gasteiger partial charge in [-0.3, -0.25) is 0 Å². The number of anilines is 2. The third kappa shape index (κ3) is 2.83. The van der Waals surface area contributed by atoms with Gasteiger partial charge in [-0.25, -0.2) is 9.97 Å². The summed E-state index contributed by atoms with van der Waals surface area (Å²) in [4.78, 5) is 11.0. The summed E-state index contributed by atoms with van der Waals surface area (Å²) in [5.41, 5.74) is 5.81. The third-order valence-electron chi connectivity index (χ3n) is 3.55. The van der Waals surface area contributed by atoms with E-state index in [1.54, 1.807) is 0 Å². The fourth-order valence-corrected chi connectivity index (χ4v) is 2.54. The highest BCUT2D eigenvalue weighted by atomic mass is 32.2. The molecule has 0 saturated carbocycles.